The summed E-state index contributed by atoms with van der Waals surface area (Å²) in [5, 5.41) is 0. The van der Waals surface area contributed by atoms with Crippen LogP contribution >= 0.6 is 0 Å². The van der Waals surface area contributed by atoms with E-state index in [1.807, 2.05) is 3.28 Å². The number of hydrogen-bond donors (Lipinski definition) is 0. The molecule has 0 bridgehead atoms. The van der Waals surface area contributed by atoms with Crippen LogP contribution in [0, 0.1) is 0 Å². The van der Waals surface area contributed by atoms with E-state index in [9.17, 15) is 0 Å². The second-order valence-electron chi connectivity index (χ2n) is 5.41. The fourth-order valence-corrected chi connectivity index (χ4v) is 10.4. The molecule has 1 heteroatoms. The van der Waals surface area contributed by atoms with E-state index < -0.39 is 21.3 Å². The number of unbranched alkanes of at least 4 members (excludes halogenated alkanes) is 1. The zero-order valence-corrected chi connectivity index (χ0v) is 14.4. The molecule has 0 fully saturated rings. The average Bonchev–Trinajstić information content (AvgIpc) is 2.98. The van der Waals surface area contributed by atoms with Crippen LogP contribution < -0.4 is 0 Å². The van der Waals surface area contributed by atoms with Gasteiger partial charge < -0.3 is 0 Å². The van der Waals surface area contributed by atoms with E-state index in [0.717, 1.165) is 0 Å². The Morgan fingerprint density at radius 1 is 1.22 bits per heavy atom. The van der Waals surface area contributed by atoms with Crippen molar-refractivity contribution in [2.75, 3.05) is 0 Å². The normalized spacial score (nSPS) is 17.6. The molecule has 2 aliphatic carbocycles. The molecule has 0 radical (unpaired) electrons. The van der Waals surface area contributed by atoms with Crippen LogP contribution in [0.2, 0.25) is 0 Å². The summed E-state index contributed by atoms with van der Waals surface area (Å²) in [5.74, 6) is 0. The maximum atomic E-state index is 2.41. The first-order valence-electron chi connectivity index (χ1n) is 7.16. The molecule has 0 unspecified atom stereocenters. The molecule has 2 rings (SSSR count). The van der Waals surface area contributed by atoms with Gasteiger partial charge in [-0.05, 0) is 0 Å². The molecule has 0 amide bonds. The summed E-state index contributed by atoms with van der Waals surface area (Å²) in [7, 11) is 0. The third-order valence-corrected chi connectivity index (χ3v) is 11.4. The van der Waals surface area contributed by atoms with Gasteiger partial charge in [0.1, 0.15) is 0 Å². The van der Waals surface area contributed by atoms with Crippen molar-refractivity contribution in [3.05, 3.63) is 42.5 Å². The predicted octanol–water partition coefficient (Wildman–Crippen LogP) is 5.06. The number of rotatable bonds is 5. The summed E-state index contributed by atoms with van der Waals surface area (Å²) in [5.41, 5.74) is 1.69. The second-order valence-corrected chi connectivity index (χ2v) is 12.8. The van der Waals surface area contributed by atoms with Gasteiger partial charge in [0.05, 0.1) is 0 Å². The van der Waals surface area contributed by atoms with Crippen molar-refractivity contribution in [3.63, 3.8) is 0 Å². The molecule has 0 aromatic carbocycles. The van der Waals surface area contributed by atoms with Gasteiger partial charge >= 0.3 is 120 Å². The molecule has 0 spiro atoms. The van der Waals surface area contributed by atoms with Crippen molar-refractivity contribution in [1.82, 2.24) is 0 Å². The van der Waals surface area contributed by atoms with Gasteiger partial charge in [0.15, 0.2) is 0 Å². The predicted molar refractivity (Wildman–Crippen MR) is 78.5 cm³/mol. The van der Waals surface area contributed by atoms with Crippen LogP contribution in [0.25, 0.3) is 0 Å². The van der Waals surface area contributed by atoms with E-state index >= 15 is 0 Å². The van der Waals surface area contributed by atoms with Gasteiger partial charge in [-0.25, -0.2) is 0 Å². The van der Waals surface area contributed by atoms with Gasteiger partial charge in [-0.3, -0.25) is 0 Å². The quantitative estimate of drug-likeness (QED) is 0.664. The van der Waals surface area contributed by atoms with Crippen LogP contribution in [0.15, 0.2) is 42.5 Å². The first-order valence-corrected chi connectivity index (χ1v) is 10.8. The summed E-state index contributed by atoms with van der Waals surface area (Å²) in [6.45, 7) is 7.03. The fraction of sp³-hybridized carbons (Fsp3) is 0.471. The Hall–Kier alpha value is -0.287. The van der Waals surface area contributed by atoms with Gasteiger partial charge in [-0.2, -0.15) is 0 Å². The molecule has 0 saturated carbocycles. The van der Waals surface area contributed by atoms with Gasteiger partial charge in [-0.15, -0.1) is 0 Å². The Balaban J connectivity index is 2.29. The molecule has 0 aromatic rings. The van der Waals surface area contributed by atoms with Gasteiger partial charge in [0, 0.05) is 0 Å². The summed E-state index contributed by atoms with van der Waals surface area (Å²) in [4.78, 5) is 0. The van der Waals surface area contributed by atoms with Crippen molar-refractivity contribution >= 4 is 3.21 Å². The van der Waals surface area contributed by atoms with Crippen LogP contribution in [0.3, 0.4) is 0 Å². The molecule has 0 N–H and O–H groups in total. The maximum absolute atomic E-state index is 2.41. The van der Waals surface area contributed by atoms with E-state index in [2.05, 4.69) is 51.2 Å². The minimum atomic E-state index is -1.63. The summed E-state index contributed by atoms with van der Waals surface area (Å²) in [6.07, 6.45) is 18.2. The Morgan fingerprint density at radius 2 is 2.06 bits per heavy atom. The topological polar surface area (TPSA) is 0 Å². The Morgan fingerprint density at radius 3 is 2.67 bits per heavy atom. The second kappa shape index (κ2) is 6.76. The summed E-state index contributed by atoms with van der Waals surface area (Å²) >= 11 is -1.63. The van der Waals surface area contributed by atoms with E-state index in [1.165, 1.54) is 32.1 Å². The zero-order valence-electron chi connectivity index (χ0n) is 11.9. The molecule has 18 heavy (non-hydrogen) atoms. The van der Waals surface area contributed by atoms with Crippen LogP contribution in [0.5, 0.6) is 0 Å². The Bertz CT molecular complexity index is 466. The molecule has 0 aliphatic heterocycles. The van der Waals surface area contributed by atoms with Crippen molar-refractivity contribution in [3.8, 4) is 0 Å². The first kappa shape index (κ1) is 14.1. The molecule has 0 saturated heterocycles. The van der Waals surface area contributed by atoms with E-state index in [4.69, 9.17) is 0 Å². The van der Waals surface area contributed by atoms with Crippen LogP contribution in [-0.2, 0) is 21.3 Å². The molecule has 96 valence electrons. The van der Waals surface area contributed by atoms with Crippen molar-refractivity contribution in [2.45, 2.75) is 52.9 Å². The molecule has 0 nitrogen and oxygen atoms in total. The van der Waals surface area contributed by atoms with Gasteiger partial charge in [0.25, 0.3) is 0 Å². The standard InChI is InChI=1S/C9H13.C5H5.C3H6.Zr/c1-2-3-6-9-7-4-5-8-9;1-2-4-5-3-1;1-3-2;/h4,7H,2-3,5-6H2,1H3;1-3H,4H2;1-2H3;. The SMILES string of the molecule is CCCCC1=[C]([Zr]([C]2=CC=CC2)=[C](C)C)CC=C1. The first-order chi connectivity index (χ1) is 8.74. The molecule has 0 atom stereocenters. The molecular formula is C17H24Zr. The minimum absolute atomic E-state index is 1.23. The van der Waals surface area contributed by atoms with Crippen molar-refractivity contribution in [1.29, 1.82) is 0 Å². The van der Waals surface area contributed by atoms with Gasteiger partial charge in [0.2, 0.25) is 0 Å². The fourth-order valence-electron chi connectivity index (χ4n) is 2.86. The van der Waals surface area contributed by atoms with Crippen molar-refractivity contribution in [2.24, 2.45) is 0 Å². The molecule has 2 aliphatic rings. The van der Waals surface area contributed by atoms with Crippen LogP contribution in [0.1, 0.15) is 52.9 Å². The molecular weight excluding hydrogens is 295 g/mol. The Kier molecular flexibility index (Phi) is 5.30. The van der Waals surface area contributed by atoms with E-state index in [0.29, 0.717) is 0 Å². The third kappa shape index (κ3) is 3.18. The van der Waals surface area contributed by atoms with Crippen LogP contribution in [0.4, 0.5) is 0 Å². The van der Waals surface area contributed by atoms with Crippen molar-refractivity contribution < 1.29 is 21.3 Å². The van der Waals surface area contributed by atoms with E-state index in [-0.39, 0.29) is 0 Å². The number of hydrogen-bond acceptors (Lipinski definition) is 0. The van der Waals surface area contributed by atoms with E-state index in [1.54, 1.807) is 12.1 Å². The Labute approximate surface area is 119 Å². The third-order valence-electron chi connectivity index (χ3n) is 3.72. The van der Waals surface area contributed by atoms with Crippen LogP contribution in [-0.4, -0.2) is 3.21 Å². The molecule has 0 heterocycles. The zero-order chi connectivity index (χ0) is 13.0. The summed E-state index contributed by atoms with van der Waals surface area (Å²) in [6, 6.07) is 0. The monoisotopic (exact) mass is 318 g/mol. The summed E-state index contributed by atoms with van der Waals surface area (Å²) < 4.78 is 5.38. The van der Waals surface area contributed by atoms with Gasteiger partial charge in [-0.1, -0.05) is 0 Å². The number of allylic oxidation sites excluding steroid dienone is 8. The molecule has 0 aromatic heterocycles. The average molecular weight is 320 g/mol.